The maximum absolute atomic E-state index is 12.0. The molecular formula is C22H23Cl2N7O3S. The quantitative estimate of drug-likeness (QED) is 0.340. The second-order valence-electron chi connectivity index (χ2n) is 7.74. The van der Waals surface area contributed by atoms with Crippen molar-refractivity contribution >= 4 is 59.4 Å². The Morgan fingerprint density at radius 2 is 2.00 bits per heavy atom. The van der Waals surface area contributed by atoms with Crippen LogP contribution in [0, 0.1) is 0 Å². The van der Waals surface area contributed by atoms with Crippen LogP contribution in [-0.2, 0) is 4.74 Å². The molecule has 4 aromatic rings. The van der Waals surface area contributed by atoms with Crippen LogP contribution in [0.5, 0.6) is 5.88 Å². The van der Waals surface area contributed by atoms with Crippen LogP contribution in [0.3, 0.4) is 0 Å². The number of nitrogens with zero attached hydrogens (tertiary/aromatic N) is 7. The van der Waals surface area contributed by atoms with Crippen LogP contribution >= 0.6 is 36.7 Å². The summed E-state index contributed by atoms with van der Waals surface area (Å²) in [6, 6.07) is 5.73. The van der Waals surface area contributed by atoms with Gasteiger partial charge in [-0.3, -0.25) is 4.68 Å². The van der Waals surface area contributed by atoms with Crippen LogP contribution in [0.2, 0.25) is 10.0 Å². The van der Waals surface area contributed by atoms with Crippen LogP contribution in [-0.4, -0.2) is 62.3 Å². The molecule has 0 N–H and O–H groups in total. The van der Waals surface area contributed by atoms with Crippen LogP contribution in [0.1, 0.15) is 29.7 Å². The average Bonchev–Trinajstić information content (AvgIpc) is 3.59. The standard InChI is InChI=1S/C22H21Cl2N7O3.H2S/c1-3-34-21(32)13-9-25-30(11-13)22-27-18-10-26-31(19(18)20(28-22)33-2)15-6-7-29(12-15)14-4-5-16(23)17(24)8-14;/h4-5,8-11,15H,3,6-7,12H2,1-2H3;1H2/t15-;/m0./s1. The number of rotatable bonds is 6. The first-order valence-corrected chi connectivity index (χ1v) is 11.5. The Balaban J connectivity index is 0.00000289. The third-order valence-corrected chi connectivity index (χ3v) is 6.41. The molecule has 1 aliphatic heterocycles. The van der Waals surface area contributed by atoms with Gasteiger partial charge in [0.15, 0.2) is 0 Å². The molecule has 0 aliphatic carbocycles. The molecule has 0 saturated carbocycles. The van der Waals surface area contributed by atoms with Gasteiger partial charge in [-0.2, -0.15) is 28.7 Å². The zero-order valence-corrected chi connectivity index (χ0v) is 21.5. The fourth-order valence-electron chi connectivity index (χ4n) is 4.05. The number of halogens is 2. The highest BCUT2D eigenvalue weighted by atomic mass is 35.5. The maximum atomic E-state index is 12.0. The number of aromatic nitrogens is 6. The molecule has 3 aromatic heterocycles. The molecule has 5 rings (SSSR count). The summed E-state index contributed by atoms with van der Waals surface area (Å²) in [5, 5.41) is 9.85. The molecule has 35 heavy (non-hydrogen) atoms. The monoisotopic (exact) mass is 535 g/mol. The van der Waals surface area contributed by atoms with Crippen molar-refractivity contribution in [3.05, 3.63) is 52.4 Å². The van der Waals surface area contributed by atoms with E-state index in [1.54, 1.807) is 26.3 Å². The zero-order chi connectivity index (χ0) is 23.8. The van der Waals surface area contributed by atoms with Crippen LogP contribution in [0.4, 0.5) is 5.69 Å². The second kappa shape index (κ2) is 10.3. The second-order valence-corrected chi connectivity index (χ2v) is 8.55. The molecule has 1 aliphatic rings. The van der Waals surface area contributed by atoms with Crippen molar-refractivity contribution in [2.24, 2.45) is 0 Å². The molecule has 4 heterocycles. The van der Waals surface area contributed by atoms with Gasteiger partial charge in [-0.25, -0.2) is 14.5 Å². The molecule has 0 bridgehead atoms. The Hall–Kier alpha value is -3.02. The Kier molecular flexibility index (Phi) is 7.39. The number of anilines is 1. The molecule has 1 fully saturated rings. The Morgan fingerprint density at radius 3 is 2.74 bits per heavy atom. The Bertz CT molecular complexity index is 1380. The number of hydrogen-bond donors (Lipinski definition) is 0. The maximum Gasteiger partial charge on any atom is 0.341 e. The van der Waals surface area contributed by atoms with Gasteiger partial charge in [-0.15, -0.1) is 0 Å². The van der Waals surface area contributed by atoms with E-state index >= 15 is 0 Å². The largest absolute Gasteiger partial charge is 0.479 e. The lowest BCUT2D eigenvalue weighted by Gasteiger charge is -2.19. The van der Waals surface area contributed by atoms with Crippen LogP contribution < -0.4 is 9.64 Å². The van der Waals surface area contributed by atoms with Crippen molar-refractivity contribution in [1.82, 2.24) is 29.5 Å². The summed E-state index contributed by atoms with van der Waals surface area (Å²) in [5.41, 5.74) is 2.64. The predicted octanol–water partition coefficient (Wildman–Crippen LogP) is 4.07. The summed E-state index contributed by atoms with van der Waals surface area (Å²) in [6.45, 7) is 3.61. The Morgan fingerprint density at radius 1 is 1.17 bits per heavy atom. The molecule has 0 spiro atoms. The van der Waals surface area contributed by atoms with Gasteiger partial charge >= 0.3 is 5.97 Å². The first-order valence-electron chi connectivity index (χ1n) is 10.7. The van der Waals surface area contributed by atoms with E-state index in [9.17, 15) is 4.79 Å². The van der Waals surface area contributed by atoms with Crippen molar-refractivity contribution < 1.29 is 14.3 Å². The first kappa shape index (κ1) is 25.1. The van der Waals surface area contributed by atoms with Crippen molar-refractivity contribution in [1.29, 1.82) is 0 Å². The van der Waals surface area contributed by atoms with Crippen molar-refractivity contribution in [3.8, 4) is 11.8 Å². The third-order valence-electron chi connectivity index (χ3n) is 5.67. The Labute approximate surface area is 218 Å². The van der Waals surface area contributed by atoms with E-state index in [0.717, 1.165) is 25.2 Å². The average molecular weight is 536 g/mol. The molecular weight excluding hydrogens is 513 g/mol. The molecule has 184 valence electrons. The molecule has 10 nitrogen and oxygen atoms in total. The molecule has 1 saturated heterocycles. The number of fused-ring (bicyclic) bond motifs is 1. The number of benzene rings is 1. The van der Waals surface area contributed by atoms with E-state index in [0.29, 0.717) is 32.5 Å². The van der Waals surface area contributed by atoms with Gasteiger partial charge in [0.25, 0.3) is 5.95 Å². The smallest absolute Gasteiger partial charge is 0.341 e. The summed E-state index contributed by atoms with van der Waals surface area (Å²) >= 11 is 12.3. The first-order chi connectivity index (χ1) is 16.5. The number of methoxy groups -OCH3 is 1. The summed E-state index contributed by atoms with van der Waals surface area (Å²) in [6.07, 6.45) is 5.50. The lowest BCUT2D eigenvalue weighted by molar-refractivity contribution is 0.0526. The highest BCUT2D eigenvalue weighted by Crippen LogP contribution is 2.34. The van der Waals surface area contributed by atoms with Gasteiger partial charge in [-0.1, -0.05) is 23.2 Å². The van der Waals surface area contributed by atoms with E-state index < -0.39 is 5.97 Å². The normalized spacial score (nSPS) is 15.3. The SMILES string of the molecule is CCOC(=O)c1cnn(-c2nc(OC)c3c(cnn3[C@H]3CCN(c4ccc(Cl)c(Cl)c4)C3)n2)c1.S. The number of ether oxygens (including phenoxy) is 2. The summed E-state index contributed by atoms with van der Waals surface area (Å²) in [4.78, 5) is 23.3. The molecule has 1 atom stereocenters. The molecule has 0 amide bonds. The topological polar surface area (TPSA) is 100 Å². The minimum Gasteiger partial charge on any atom is -0.479 e. The van der Waals surface area contributed by atoms with E-state index in [1.807, 2.05) is 16.8 Å². The summed E-state index contributed by atoms with van der Waals surface area (Å²) < 4.78 is 13.9. The summed E-state index contributed by atoms with van der Waals surface area (Å²) in [7, 11) is 1.55. The van der Waals surface area contributed by atoms with E-state index in [4.69, 9.17) is 32.7 Å². The van der Waals surface area contributed by atoms with Gasteiger partial charge in [0.1, 0.15) is 11.0 Å². The van der Waals surface area contributed by atoms with Gasteiger partial charge in [-0.05, 0) is 31.5 Å². The van der Waals surface area contributed by atoms with E-state index in [2.05, 4.69) is 25.1 Å². The fourth-order valence-corrected chi connectivity index (χ4v) is 4.34. The molecule has 13 heteroatoms. The van der Waals surface area contributed by atoms with E-state index in [1.165, 1.54) is 17.1 Å². The van der Waals surface area contributed by atoms with Crippen LogP contribution in [0.15, 0.2) is 36.8 Å². The lowest BCUT2D eigenvalue weighted by atomic mass is 10.2. The number of esters is 1. The zero-order valence-electron chi connectivity index (χ0n) is 19.0. The lowest BCUT2D eigenvalue weighted by Crippen LogP contribution is -2.21. The minimum atomic E-state index is -0.456. The minimum absolute atomic E-state index is 0. The predicted molar refractivity (Wildman–Crippen MR) is 138 cm³/mol. The molecule has 0 unspecified atom stereocenters. The van der Waals surface area contributed by atoms with Crippen molar-refractivity contribution in [3.63, 3.8) is 0 Å². The third kappa shape index (κ3) is 4.75. The van der Waals surface area contributed by atoms with E-state index in [-0.39, 0.29) is 32.1 Å². The fraction of sp³-hybridized carbons (Fsp3) is 0.318. The van der Waals surface area contributed by atoms with Crippen molar-refractivity contribution in [2.45, 2.75) is 19.4 Å². The highest BCUT2D eigenvalue weighted by Gasteiger charge is 2.28. The molecule has 1 aromatic carbocycles. The summed E-state index contributed by atoms with van der Waals surface area (Å²) in [5.74, 6) is 0.185. The van der Waals surface area contributed by atoms with Gasteiger partial charge < -0.3 is 14.4 Å². The van der Waals surface area contributed by atoms with Gasteiger partial charge in [0.05, 0.1) is 47.8 Å². The molecule has 0 radical (unpaired) electrons. The highest BCUT2D eigenvalue weighted by molar-refractivity contribution is 7.59. The van der Waals surface area contributed by atoms with Gasteiger partial charge in [0, 0.05) is 25.0 Å². The van der Waals surface area contributed by atoms with Crippen LogP contribution in [0.25, 0.3) is 17.0 Å². The van der Waals surface area contributed by atoms with Gasteiger partial charge in [0.2, 0.25) is 5.88 Å². The number of carbonyl (C=O) groups is 1. The number of carbonyl (C=O) groups excluding carboxylic acids is 1. The number of hydrogen-bond acceptors (Lipinski definition) is 8. The van der Waals surface area contributed by atoms with Crippen molar-refractivity contribution in [2.75, 3.05) is 31.7 Å².